The van der Waals surface area contributed by atoms with Gasteiger partial charge in [0, 0.05) is 22.5 Å². The number of para-hydroxylation sites is 1. The van der Waals surface area contributed by atoms with Crippen LogP contribution in [0.2, 0.25) is 5.02 Å². The minimum absolute atomic E-state index is 0.757. The van der Waals surface area contributed by atoms with Crippen LogP contribution in [0.3, 0.4) is 0 Å². The van der Waals surface area contributed by atoms with Crippen molar-refractivity contribution in [1.29, 1.82) is 0 Å². The molecule has 0 unspecified atom stereocenters. The summed E-state index contributed by atoms with van der Waals surface area (Å²) < 4.78 is 2.27. The summed E-state index contributed by atoms with van der Waals surface area (Å²) in [6.07, 6.45) is 0.877. The van der Waals surface area contributed by atoms with Crippen LogP contribution in [0.1, 0.15) is 12.7 Å². The van der Waals surface area contributed by atoms with Crippen molar-refractivity contribution in [2.45, 2.75) is 13.3 Å². The molecule has 1 aromatic heterocycles. The van der Waals surface area contributed by atoms with Crippen LogP contribution in [-0.4, -0.2) is 9.55 Å². The normalized spacial score (nSPS) is 11.6. The second kappa shape index (κ2) is 5.86. The smallest absolute Gasteiger partial charge is 0.114 e. The lowest BCUT2D eigenvalue weighted by Crippen LogP contribution is -1.99. The Morgan fingerprint density at radius 2 is 1.65 bits per heavy atom. The van der Waals surface area contributed by atoms with Gasteiger partial charge < -0.3 is 0 Å². The molecule has 5 rings (SSSR count). The first-order valence-corrected chi connectivity index (χ1v) is 9.22. The highest BCUT2D eigenvalue weighted by Gasteiger charge is 2.15. The molecule has 0 bridgehead atoms. The van der Waals surface area contributed by atoms with Gasteiger partial charge in [0.1, 0.15) is 5.82 Å². The average molecular weight is 357 g/mol. The molecule has 0 spiro atoms. The molecule has 0 N–H and O–H groups in total. The fourth-order valence-electron chi connectivity index (χ4n) is 3.81. The van der Waals surface area contributed by atoms with E-state index in [1.54, 1.807) is 0 Å². The number of aromatic nitrogens is 2. The zero-order valence-electron chi connectivity index (χ0n) is 14.4. The van der Waals surface area contributed by atoms with Gasteiger partial charge in [-0.3, -0.25) is 4.57 Å². The quantitative estimate of drug-likeness (QED) is 0.328. The fourth-order valence-corrected chi connectivity index (χ4v) is 3.99. The molecule has 0 atom stereocenters. The van der Waals surface area contributed by atoms with Crippen LogP contribution in [0.5, 0.6) is 0 Å². The predicted molar refractivity (Wildman–Crippen MR) is 110 cm³/mol. The van der Waals surface area contributed by atoms with E-state index in [-0.39, 0.29) is 0 Å². The van der Waals surface area contributed by atoms with Crippen molar-refractivity contribution in [2.24, 2.45) is 0 Å². The summed E-state index contributed by atoms with van der Waals surface area (Å²) in [7, 11) is 0. The van der Waals surface area contributed by atoms with Crippen LogP contribution in [0.25, 0.3) is 38.3 Å². The van der Waals surface area contributed by atoms with Crippen molar-refractivity contribution >= 4 is 44.2 Å². The lowest BCUT2D eigenvalue weighted by Gasteiger charge is -2.09. The summed E-state index contributed by atoms with van der Waals surface area (Å²) in [6, 6.07) is 25.2. The van der Waals surface area contributed by atoms with Crippen LogP contribution in [0.4, 0.5) is 0 Å². The van der Waals surface area contributed by atoms with Gasteiger partial charge in [-0.25, -0.2) is 4.98 Å². The summed E-state index contributed by atoms with van der Waals surface area (Å²) in [5, 5.41) is 5.49. The van der Waals surface area contributed by atoms with Gasteiger partial charge in [-0.1, -0.05) is 61.0 Å². The maximum atomic E-state index is 6.20. The molecule has 0 saturated carbocycles. The molecule has 26 heavy (non-hydrogen) atoms. The van der Waals surface area contributed by atoms with Crippen molar-refractivity contribution in [3.8, 4) is 5.69 Å². The second-order valence-corrected chi connectivity index (χ2v) is 6.95. The molecule has 1 heterocycles. The first-order valence-electron chi connectivity index (χ1n) is 8.84. The number of fused-ring (bicyclic) bond motifs is 5. The summed E-state index contributed by atoms with van der Waals surface area (Å²) in [6.45, 7) is 2.15. The number of benzene rings is 4. The number of hydrogen-bond donors (Lipinski definition) is 0. The molecule has 5 aromatic rings. The Labute approximate surface area is 156 Å². The van der Waals surface area contributed by atoms with Crippen LogP contribution in [0, 0.1) is 0 Å². The van der Waals surface area contributed by atoms with Crippen molar-refractivity contribution < 1.29 is 0 Å². The molecule has 4 aromatic carbocycles. The van der Waals surface area contributed by atoms with E-state index in [1.807, 2.05) is 18.2 Å². The SMILES string of the molecule is CCc1nc2c3c(ccc4cc(Cl)ccc43)ccc2n1-c1ccccc1. The molecule has 0 aliphatic rings. The second-order valence-electron chi connectivity index (χ2n) is 6.51. The molecule has 0 saturated heterocycles. The largest absolute Gasteiger partial charge is 0.296 e. The highest BCUT2D eigenvalue weighted by atomic mass is 35.5. The third-order valence-corrected chi connectivity index (χ3v) is 5.22. The topological polar surface area (TPSA) is 17.8 Å². The van der Waals surface area contributed by atoms with Gasteiger partial charge in [0.05, 0.1) is 11.0 Å². The third kappa shape index (κ3) is 2.23. The maximum Gasteiger partial charge on any atom is 0.114 e. The van der Waals surface area contributed by atoms with Gasteiger partial charge in [0.15, 0.2) is 0 Å². The van der Waals surface area contributed by atoms with Crippen molar-refractivity contribution in [3.05, 3.63) is 83.6 Å². The molecule has 0 radical (unpaired) electrons. The van der Waals surface area contributed by atoms with Gasteiger partial charge in [-0.2, -0.15) is 0 Å². The number of imidazole rings is 1. The standard InChI is InChI=1S/C23H17ClN2/c1-2-21-25-23-20(26(21)18-6-4-3-5-7-18)13-10-15-8-9-16-14-17(24)11-12-19(16)22(15)23/h3-14H,2H2,1H3. The van der Waals surface area contributed by atoms with Crippen LogP contribution in [-0.2, 0) is 6.42 Å². The van der Waals surface area contributed by atoms with Gasteiger partial charge in [0.2, 0.25) is 0 Å². The average Bonchev–Trinajstić information content (AvgIpc) is 3.06. The first kappa shape index (κ1) is 15.4. The maximum absolute atomic E-state index is 6.20. The first-order chi connectivity index (χ1) is 12.8. The number of hydrogen-bond acceptors (Lipinski definition) is 1. The van der Waals surface area contributed by atoms with Crippen LogP contribution in [0.15, 0.2) is 72.8 Å². The molecule has 126 valence electrons. The Balaban J connectivity index is 1.96. The summed E-state index contributed by atoms with van der Waals surface area (Å²) in [5.41, 5.74) is 3.34. The van der Waals surface area contributed by atoms with Gasteiger partial charge in [-0.15, -0.1) is 0 Å². The highest BCUT2D eigenvalue weighted by Crippen LogP contribution is 2.34. The van der Waals surface area contributed by atoms with Crippen LogP contribution >= 0.6 is 11.6 Å². The molecule has 0 amide bonds. The van der Waals surface area contributed by atoms with E-state index < -0.39 is 0 Å². The zero-order valence-corrected chi connectivity index (χ0v) is 15.2. The molecule has 3 heteroatoms. The Kier molecular flexibility index (Phi) is 3.47. The summed E-state index contributed by atoms with van der Waals surface area (Å²) in [4.78, 5) is 5.04. The molecule has 0 fully saturated rings. The zero-order chi connectivity index (χ0) is 17.7. The van der Waals surface area contributed by atoms with Crippen molar-refractivity contribution in [1.82, 2.24) is 9.55 Å². The molecular weight excluding hydrogens is 340 g/mol. The van der Waals surface area contributed by atoms with Gasteiger partial charge in [-0.05, 0) is 46.5 Å². The predicted octanol–water partition coefficient (Wildman–Crippen LogP) is 6.55. The molecular formula is C23H17ClN2. The lowest BCUT2D eigenvalue weighted by molar-refractivity contribution is 0.908. The Hall–Kier alpha value is -2.84. The number of aryl methyl sites for hydroxylation is 1. The van der Waals surface area contributed by atoms with Crippen molar-refractivity contribution in [3.63, 3.8) is 0 Å². The van der Waals surface area contributed by atoms with E-state index >= 15 is 0 Å². The van der Waals surface area contributed by atoms with E-state index in [0.29, 0.717) is 0 Å². The van der Waals surface area contributed by atoms with Crippen LogP contribution < -0.4 is 0 Å². The molecule has 0 aliphatic heterocycles. The summed E-state index contributed by atoms with van der Waals surface area (Å²) in [5.74, 6) is 1.07. The van der Waals surface area contributed by atoms with E-state index in [4.69, 9.17) is 16.6 Å². The monoisotopic (exact) mass is 356 g/mol. The lowest BCUT2D eigenvalue weighted by atomic mass is 10.0. The van der Waals surface area contributed by atoms with Crippen molar-refractivity contribution in [2.75, 3.05) is 0 Å². The minimum atomic E-state index is 0.757. The third-order valence-electron chi connectivity index (χ3n) is 4.98. The fraction of sp³-hybridized carbons (Fsp3) is 0.0870. The van der Waals surface area contributed by atoms with E-state index in [1.165, 1.54) is 16.2 Å². The summed E-state index contributed by atoms with van der Waals surface area (Å²) >= 11 is 6.20. The minimum Gasteiger partial charge on any atom is -0.296 e. The number of nitrogens with zero attached hydrogens (tertiary/aromatic N) is 2. The Morgan fingerprint density at radius 3 is 2.46 bits per heavy atom. The van der Waals surface area contributed by atoms with E-state index in [0.717, 1.165) is 39.4 Å². The Morgan fingerprint density at radius 1 is 0.885 bits per heavy atom. The highest BCUT2D eigenvalue weighted by molar-refractivity contribution is 6.32. The number of halogens is 1. The van der Waals surface area contributed by atoms with Gasteiger partial charge in [0.25, 0.3) is 0 Å². The van der Waals surface area contributed by atoms with Gasteiger partial charge >= 0.3 is 0 Å². The molecule has 0 aliphatic carbocycles. The van der Waals surface area contributed by atoms with E-state index in [2.05, 4.69) is 66.1 Å². The molecule has 2 nitrogen and oxygen atoms in total. The van der Waals surface area contributed by atoms with E-state index in [9.17, 15) is 0 Å². The number of rotatable bonds is 2. The Bertz CT molecular complexity index is 1270.